The van der Waals surface area contributed by atoms with Crippen LogP contribution in [0.25, 0.3) is 11.2 Å². The van der Waals surface area contributed by atoms with Crippen LogP contribution < -0.4 is 15.5 Å². The molecule has 0 saturated carbocycles. The quantitative estimate of drug-likeness (QED) is 0.284. The molecule has 2 aromatic heterocycles. The molecular formula is C23H24N6O8P-. The average molecular weight is 543 g/mol. The number of imidazole rings is 1. The van der Waals surface area contributed by atoms with Gasteiger partial charge in [0.2, 0.25) is 6.29 Å². The predicted molar refractivity (Wildman–Crippen MR) is 129 cm³/mol. The SMILES string of the molecule is CCCNC(=O)Nc1ncnc2c1ncn2[C@@H]1O[C@H](COP(=O)([O-])O)[C@@H]2OC(C#Cc3ccccc3)OC21. The Hall–Kier alpha value is -3.41. The number of rotatable bonds is 7. The summed E-state index contributed by atoms with van der Waals surface area (Å²) in [6.45, 7) is 1.91. The normalized spacial score (nSPS) is 25.8. The van der Waals surface area contributed by atoms with Gasteiger partial charge in [-0.15, -0.1) is 0 Å². The standard InChI is InChI=1S/C23H25N6O8P/c1-2-10-24-23(30)28-20-17-21(26-12-25-20)29(13-27-17)22-19-18(15(35-22)11-34-38(31,32)33)36-16(37-19)9-8-14-6-4-3-5-7-14/h3-7,12-13,15-16,18-19,22H,2,10-11H2,1H3,(H2,31,32,33)(H2,24,25,26,28,30)/p-1/t15-,16?,18+,19?,22-/m1/s1. The molecule has 3 N–H and O–H groups in total. The minimum Gasteiger partial charge on any atom is -0.756 e. The number of anilines is 1. The van der Waals surface area contributed by atoms with E-state index in [1.807, 2.05) is 37.3 Å². The molecule has 14 nitrogen and oxygen atoms in total. The van der Waals surface area contributed by atoms with E-state index in [4.69, 9.17) is 19.1 Å². The highest BCUT2D eigenvalue weighted by atomic mass is 31.2. The fourth-order valence-electron chi connectivity index (χ4n) is 4.11. The van der Waals surface area contributed by atoms with E-state index in [9.17, 15) is 14.3 Å². The Labute approximate surface area is 216 Å². The van der Waals surface area contributed by atoms with Crippen molar-refractivity contribution in [1.29, 1.82) is 0 Å². The number of nitrogens with zero attached hydrogens (tertiary/aromatic N) is 4. The summed E-state index contributed by atoms with van der Waals surface area (Å²) in [5.74, 6) is 6.08. The van der Waals surface area contributed by atoms with Crippen molar-refractivity contribution in [2.24, 2.45) is 0 Å². The molecule has 0 bridgehead atoms. The fourth-order valence-corrected chi connectivity index (χ4v) is 4.45. The molecule has 2 aliphatic heterocycles. The number of phosphoric acid groups is 1. The number of amides is 2. The number of urea groups is 1. The number of benzene rings is 1. The lowest BCUT2D eigenvalue weighted by Gasteiger charge is -2.22. The number of hydrogen-bond acceptors (Lipinski definition) is 10. The maximum absolute atomic E-state index is 12.1. The Morgan fingerprint density at radius 3 is 2.76 bits per heavy atom. The third kappa shape index (κ3) is 5.85. The second-order valence-electron chi connectivity index (χ2n) is 8.43. The molecule has 200 valence electrons. The van der Waals surface area contributed by atoms with Crippen LogP contribution in [0.5, 0.6) is 0 Å². The number of carbonyl (C=O) groups is 1. The predicted octanol–water partition coefficient (Wildman–Crippen LogP) is 0.894. The van der Waals surface area contributed by atoms with Gasteiger partial charge in [-0.2, -0.15) is 0 Å². The van der Waals surface area contributed by atoms with Crippen molar-refractivity contribution in [2.45, 2.75) is 44.2 Å². The Morgan fingerprint density at radius 2 is 2.00 bits per heavy atom. The third-order valence-corrected chi connectivity index (χ3v) is 6.23. The van der Waals surface area contributed by atoms with Gasteiger partial charge in [0, 0.05) is 12.1 Å². The highest BCUT2D eigenvalue weighted by Crippen LogP contribution is 2.42. The van der Waals surface area contributed by atoms with E-state index in [2.05, 4.69) is 42.0 Å². The van der Waals surface area contributed by atoms with Gasteiger partial charge in [-0.1, -0.05) is 31.0 Å². The Balaban J connectivity index is 1.41. The van der Waals surface area contributed by atoms with Crippen LogP contribution in [0, 0.1) is 11.8 Å². The van der Waals surface area contributed by atoms with Gasteiger partial charge in [-0.25, -0.2) is 19.7 Å². The molecule has 0 aliphatic carbocycles. The molecule has 38 heavy (non-hydrogen) atoms. The number of hydrogen-bond donors (Lipinski definition) is 3. The van der Waals surface area contributed by atoms with E-state index in [0.29, 0.717) is 17.7 Å². The molecule has 0 radical (unpaired) electrons. The summed E-state index contributed by atoms with van der Waals surface area (Å²) in [6, 6.07) is 8.82. The lowest BCUT2D eigenvalue weighted by atomic mass is 10.1. The molecule has 2 aliphatic rings. The summed E-state index contributed by atoms with van der Waals surface area (Å²) in [7, 11) is -5.01. The Bertz CT molecular complexity index is 1400. The summed E-state index contributed by atoms with van der Waals surface area (Å²) in [5.41, 5.74) is 1.39. The summed E-state index contributed by atoms with van der Waals surface area (Å²) in [4.78, 5) is 45.2. The number of ether oxygens (including phenoxy) is 3. The molecule has 4 heterocycles. The van der Waals surface area contributed by atoms with Crippen LogP contribution in [0.15, 0.2) is 43.0 Å². The monoisotopic (exact) mass is 543 g/mol. The van der Waals surface area contributed by atoms with Crippen LogP contribution >= 0.6 is 7.82 Å². The lowest BCUT2D eigenvalue weighted by Crippen LogP contribution is -2.32. The van der Waals surface area contributed by atoms with Crippen molar-refractivity contribution in [2.75, 3.05) is 18.5 Å². The molecule has 0 spiro atoms. The fraction of sp³-hybridized carbons (Fsp3) is 0.391. The maximum Gasteiger partial charge on any atom is 0.320 e. The number of carbonyl (C=O) groups excluding carboxylic acids is 1. The van der Waals surface area contributed by atoms with Crippen LogP contribution in [0.3, 0.4) is 0 Å². The van der Waals surface area contributed by atoms with E-state index >= 15 is 0 Å². The van der Waals surface area contributed by atoms with Gasteiger partial charge < -0.3 is 33.8 Å². The number of fused-ring (bicyclic) bond motifs is 2. The second-order valence-corrected chi connectivity index (χ2v) is 9.62. The van der Waals surface area contributed by atoms with Gasteiger partial charge in [-0.3, -0.25) is 14.4 Å². The van der Waals surface area contributed by atoms with Gasteiger partial charge in [-0.05, 0) is 24.5 Å². The molecule has 6 atom stereocenters. The average Bonchev–Trinajstić information content (AvgIpc) is 3.59. The second kappa shape index (κ2) is 11.1. The van der Waals surface area contributed by atoms with Gasteiger partial charge >= 0.3 is 6.03 Å². The number of aromatic nitrogens is 4. The first-order valence-electron chi connectivity index (χ1n) is 11.8. The molecule has 3 aromatic rings. The minimum absolute atomic E-state index is 0.194. The highest BCUT2D eigenvalue weighted by Gasteiger charge is 2.54. The van der Waals surface area contributed by atoms with Crippen molar-refractivity contribution in [3.63, 3.8) is 0 Å². The molecule has 1 aromatic carbocycles. The summed E-state index contributed by atoms with van der Waals surface area (Å²) < 4.78 is 35.4. The number of nitrogens with one attached hydrogen (secondary N) is 2. The highest BCUT2D eigenvalue weighted by molar-refractivity contribution is 7.44. The van der Waals surface area contributed by atoms with E-state index in [-0.39, 0.29) is 5.82 Å². The topological polar surface area (TPSA) is 182 Å². The van der Waals surface area contributed by atoms with E-state index in [1.54, 1.807) is 4.57 Å². The van der Waals surface area contributed by atoms with Crippen molar-refractivity contribution in [3.05, 3.63) is 48.5 Å². The molecule has 2 saturated heterocycles. The zero-order chi connectivity index (χ0) is 26.7. The molecular weight excluding hydrogens is 519 g/mol. The molecule has 5 rings (SSSR count). The van der Waals surface area contributed by atoms with E-state index < -0.39 is 51.3 Å². The third-order valence-electron chi connectivity index (χ3n) is 5.76. The van der Waals surface area contributed by atoms with E-state index in [0.717, 1.165) is 12.0 Å². The van der Waals surface area contributed by atoms with Crippen molar-refractivity contribution in [3.8, 4) is 11.8 Å². The van der Waals surface area contributed by atoms with Crippen LogP contribution in [0.1, 0.15) is 25.1 Å². The van der Waals surface area contributed by atoms with Crippen LogP contribution in [-0.2, 0) is 23.3 Å². The van der Waals surface area contributed by atoms with Crippen LogP contribution in [0.2, 0.25) is 0 Å². The Kier molecular flexibility index (Phi) is 7.68. The molecule has 2 amide bonds. The maximum atomic E-state index is 12.1. The first kappa shape index (κ1) is 26.2. The van der Waals surface area contributed by atoms with Gasteiger partial charge in [0.25, 0.3) is 7.82 Å². The zero-order valence-electron chi connectivity index (χ0n) is 20.1. The smallest absolute Gasteiger partial charge is 0.320 e. The number of phosphoric ester groups is 1. The van der Waals surface area contributed by atoms with E-state index in [1.165, 1.54) is 12.7 Å². The van der Waals surface area contributed by atoms with Crippen molar-refractivity contribution < 1.29 is 37.9 Å². The summed E-state index contributed by atoms with van der Waals surface area (Å²) >= 11 is 0. The summed E-state index contributed by atoms with van der Waals surface area (Å²) in [6.07, 6.45) is -0.790. The van der Waals surface area contributed by atoms with Crippen LogP contribution in [-0.4, -0.2) is 68.2 Å². The minimum atomic E-state index is -5.01. The molecule has 15 heteroatoms. The van der Waals surface area contributed by atoms with Gasteiger partial charge in [0.1, 0.15) is 24.6 Å². The van der Waals surface area contributed by atoms with Crippen molar-refractivity contribution >= 4 is 30.8 Å². The first-order valence-corrected chi connectivity index (χ1v) is 13.3. The molecule has 2 fully saturated rings. The van der Waals surface area contributed by atoms with Gasteiger partial charge in [0.15, 0.2) is 23.2 Å². The van der Waals surface area contributed by atoms with Crippen molar-refractivity contribution in [1.82, 2.24) is 24.8 Å². The molecule has 3 unspecified atom stereocenters. The zero-order valence-corrected chi connectivity index (χ0v) is 21.0. The largest absolute Gasteiger partial charge is 0.756 e. The summed E-state index contributed by atoms with van der Waals surface area (Å²) in [5, 5.41) is 5.35. The van der Waals surface area contributed by atoms with Crippen LogP contribution in [0.4, 0.5) is 10.6 Å². The lowest BCUT2D eigenvalue weighted by molar-refractivity contribution is -0.223. The van der Waals surface area contributed by atoms with Gasteiger partial charge in [0.05, 0.1) is 12.9 Å². The Morgan fingerprint density at radius 1 is 1.21 bits per heavy atom. The first-order chi connectivity index (χ1) is 18.3.